The number of hydrogen-bond acceptors (Lipinski definition) is 3. The van der Waals surface area contributed by atoms with Gasteiger partial charge in [0, 0.05) is 29.0 Å². The molecule has 1 aliphatic carbocycles. The van der Waals surface area contributed by atoms with E-state index < -0.39 is 0 Å². The zero-order valence-corrected chi connectivity index (χ0v) is 12.2. The van der Waals surface area contributed by atoms with Crippen LogP contribution in [0.25, 0.3) is 0 Å². The average Bonchev–Trinajstić information content (AvgIpc) is 3.12. The van der Waals surface area contributed by atoms with Crippen LogP contribution in [0.4, 0.5) is 0 Å². The molecule has 100 valence electrons. The number of aliphatic hydroxyl groups excluding tert-OH is 1. The van der Waals surface area contributed by atoms with Gasteiger partial charge in [-0.3, -0.25) is 0 Å². The fourth-order valence-electron chi connectivity index (χ4n) is 1.71. The van der Waals surface area contributed by atoms with E-state index in [1.165, 1.54) is 18.4 Å². The predicted octanol–water partition coefficient (Wildman–Crippen LogP) is 2.85. The van der Waals surface area contributed by atoms with E-state index in [2.05, 4.69) is 27.3 Å². The fourth-order valence-corrected chi connectivity index (χ4v) is 2.12. The summed E-state index contributed by atoms with van der Waals surface area (Å²) in [5, 5.41) is 12.7. The summed E-state index contributed by atoms with van der Waals surface area (Å²) in [5.41, 5.74) is 1.17. The minimum Gasteiger partial charge on any atom is -0.493 e. The first kappa shape index (κ1) is 13.8. The van der Waals surface area contributed by atoms with Crippen molar-refractivity contribution in [2.75, 3.05) is 6.61 Å². The Bertz CT molecular complexity index is 391. The maximum Gasteiger partial charge on any atom is 0.123 e. The third kappa shape index (κ3) is 4.59. The summed E-state index contributed by atoms with van der Waals surface area (Å²) >= 11 is 3.49. The Morgan fingerprint density at radius 2 is 2.28 bits per heavy atom. The summed E-state index contributed by atoms with van der Waals surface area (Å²) in [4.78, 5) is 0. The first-order valence-corrected chi connectivity index (χ1v) is 7.27. The van der Waals surface area contributed by atoms with E-state index in [0.717, 1.165) is 16.8 Å². The zero-order chi connectivity index (χ0) is 13.0. The van der Waals surface area contributed by atoms with Crippen LogP contribution in [-0.4, -0.2) is 23.9 Å². The number of benzene rings is 1. The van der Waals surface area contributed by atoms with E-state index in [0.29, 0.717) is 19.1 Å². The van der Waals surface area contributed by atoms with Crippen molar-refractivity contribution in [2.45, 2.75) is 44.9 Å². The van der Waals surface area contributed by atoms with Gasteiger partial charge in [-0.2, -0.15) is 0 Å². The van der Waals surface area contributed by atoms with Crippen LogP contribution in [0.1, 0.15) is 31.7 Å². The summed E-state index contributed by atoms with van der Waals surface area (Å²) in [6, 6.07) is 6.75. The highest BCUT2D eigenvalue weighted by molar-refractivity contribution is 9.10. The fraction of sp³-hybridized carbons (Fsp3) is 0.571. The van der Waals surface area contributed by atoms with E-state index in [-0.39, 0.29) is 6.10 Å². The molecular formula is C14H20BrNO2. The largest absolute Gasteiger partial charge is 0.493 e. The molecule has 0 radical (unpaired) electrons. The summed E-state index contributed by atoms with van der Waals surface area (Å²) in [5.74, 6) is 0.909. The predicted molar refractivity (Wildman–Crippen MR) is 75.8 cm³/mol. The van der Waals surface area contributed by atoms with Gasteiger partial charge >= 0.3 is 0 Å². The molecule has 1 fully saturated rings. The molecule has 2 N–H and O–H groups in total. The Kier molecular flexibility index (Phi) is 5.03. The van der Waals surface area contributed by atoms with Crippen molar-refractivity contribution < 1.29 is 9.84 Å². The summed E-state index contributed by atoms with van der Waals surface area (Å²) in [6.07, 6.45) is 2.91. The van der Waals surface area contributed by atoms with Crippen LogP contribution < -0.4 is 10.1 Å². The van der Waals surface area contributed by atoms with Gasteiger partial charge < -0.3 is 15.2 Å². The van der Waals surface area contributed by atoms with Gasteiger partial charge in [0.25, 0.3) is 0 Å². The van der Waals surface area contributed by atoms with Crippen LogP contribution in [0.15, 0.2) is 22.7 Å². The Balaban J connectivity index is 1.93. The quantitative estimate of drug-likeness (QED) is 0.813. The molecule has 0 aliphatic heterocycles. The van der Waals surface area contributed by atoms with E-state index in [4.69, 9.17) is 4.74 Å². The summed E-state index contributed by atoms with van der Waals surface area (Å²) < 4.78 is 6.80. The minimum atomic E-state index is -0.312. The maximum absolute atomic E-state index is 9.23. The monoisotopic (exact) mass is 313 g/mol. The highest BCUT2D eigenvalue weighted by Crippen LogP contribution is 2.25. The normalized spacial score (nSPS) is 16.6. The van der Waals surface area contributed by atoms with Gasteiger partial charge in [0.15, 0.2) is 0 Å². The van der Waals surface area contributed by atoms with E-state index in [9.17, 15) is 5.11 Å². The molecule has 0 heterocycles. The molecule has 1 aromatic rings. The third-order valence-corrected chi connectivity index (χ3v) is 3.47. The highest BCUT2D eigenvalue weighted by atomic mass is 79.9. The Morgan fingerprint density at radius 3 is 2.94 bits per heavy atom. The molecule has 0 aromatic heterocycles. The molecule has 1 atom stereocenters. The number of nitrogens with one attached hydrogen (secondary N) is 1. The molecule has 4 heteroatoms. The van der Waals surface area contributed by atoms with Gasteiger partial charge in [-0.1, -0.05) is 15.9 Å². The molecule has 1 saturated carbocycles. The Hall–Kier alpha value is -0.580. The van der Waals surface area contributed by atoms with Crippen molar-refractivity contribution in [3.05, 3.63) is 28.2 Å². The number of rotatable bonds is 7. The van der Waals surface area contributed by atoms with Gasteiger partial charge in [-0.25, -0.2) is 0 Å². The van der Waals surface area contributed by atoms with Gasteiger partial charge in [-0.15, -0.1) is 0 Å². The van der Waals surface area contributed by atoms with Crippen molar-refractivity contribution in [1.29, 1.82) is 0 Å². The minimum absolute atomic E-state index is 0.312. The molecule has 1 unspecified atom stereocenters. The van der Waals surface area contributed by atoms with Crippen LogP contribution >= 0.6 is 15.9 Å². The average molecular weight is 314 g/mol. The standard InChI is InChI=1S/C14H20BrNO2/c1-10(17)6-7-18-14-5-2-12(15)8-11(14)9-16-13-3-4-13/h2,5,8,10,13,16-17H,3-4,6-7,9H2,1H3. The molecule has 18 heavy (non-hydrogen) atoms. The van der Waals surface area contributed by atoms with Crippen molar-refractivity contribution in [2.24, 2.45) is 0 Å². The number of halogens is 1. The van der Waals surface area contributed by atoms with E-state index in [1.807, 2.05) is 12.1 Å². The first-order valence-electron chi connectivity index (χ1n) is 6.48. The third-order valence-electron chi connectivity index (χ3n) is 2.97. The lowest BCUT2D eigenvalue weighted by Gasteiger charge is -2.13. The molecular weight excluding hydrogens is 294 g/mol. The van der Waals surface area contributed by atoms with Crippen molar-refractivity contribution in [3.63, 3.8) is 0 Å². The van der Waals surface area contributed by atoms with Gasteiger partial charge in [-0.05, 0) is 38.0 Å². The zero-order valence-electron chi connectivity index (χ0n) is 10.7. The molecule has 1 aromatic carbocycles. The Labute approximate surface area is 117 Å². The van der Waals surface area contributed by atoms with Crippen LogP contribution in [0, 0.1) is 0 Å². The Morgan fingerprint density at radius 1 is 1.50 bits per heavy atom. The summed E-state index contributed by atoms with van der Waals surface area (Å²) in [7, 11) is 0. The van der Waals surface area contributed by atoms with Gasteiger partial charge in [0.05, 0.1) is 12.7 Å². The van der Waals surface area contributed by atoms with Crippen molar-refractivity contribution in [1.82, 2.24) is 5.32 Å². The molecule has 0 amide bonds. The first-order chi connectivity index (χ1) is 8.65. The van der Waals surface area contributed by atoms with Crippen molar-refractivity contribution >= 4 is 15.9 Å². The van der Waals surface area contributed by atoms with Crippen LogP contribution in [0.3, 0.4) is 0 Å². The SMILES string of the molecule is CC(O)CCOc1ccc(Br)cc1CNC1CC1. The molecule has 1 aliphatic rings. The van der Waals surface area contributed by atoms with E-state index >= 15 is 0 Å². The molecule has 0 saturated heterocycles. The molecule has 3 nitrogen and oxygen atoms in total. The highest BCUT2D eigenvalue weighted by Gasteiger charge is 2.20. The maximum atomic E-state index is 9.23. The molecule has 0 bridgehead atoms. The lowest BCUT2D eigenvalue weighted by molar-refractivity contribution is 0.155. The molecule has 0 spiro atoms. The topological polar surface area (TPSA) is 41.5 Å². The number of hydrogen-bond donors (Lipinski definition) is 2. The number of aliphatic hydroxyl groups is 1. The second-order valence-corrected chi connectivity index (χ2v) is 5.81. The molecule has 2 rings (SSSR count). The van der Waals surface area contributed by atoms with Crippen LogP contribution in [0.5, 0.6) is 5.75 Å². The smallest absolute Gasteiger partial charge is 0.123 e. The summed E-state index contributed by atoms with van der Waals surface area (Å²) in [6.45, 7) is 3.17. The van der Waals surface area contributed by atoms with Crippen molar-refractivity contribution in [3.8, 4) is 5.75 Å². The van der Waals surface area contributed by atoms with Crippen LogP contribution in [-0.2, 0) is 6.54 Å². The second-order valence-electron chi connectivity index (χ2n) is 4.89. The lowest BCUT2D eigenvalue weighted by Crippen LogP contribution is -2.16. The van der Waals surface area contributed by atoms with Crippen LogP contribution in [0.2, 0.25) is 0 Å². The van der Waals surface area contributed by atoms with Gasteiger partial charge in [0.2, 0.25) is 0 Å². The van der Waals surface area contributed by atoms with Gasteiger partial charge in [0.1, 0.15) is 5.75 Å². The lowest BCUT2D eigenvalue weighted by atomic mass is 10.2. The van der Waals surface area contributed by atoms with E-state index in [1.54, 1.807) is 6.92 Å². The number of ether oxygens (including phenoxy) is 1. The second kappa shape index (κ2) is 6.55.